The van der Waals surface area contributed by atoms with Crippen LogP contribution in [0, 0.1) is 0 Å². The molecular formula is C53H33N4OP. The maximum Gasteiger partial charge on any atom is 0.164 e. The van der Waals surface area contributed by atoms with E-state index in [0.29, 0.717) is 17.5 Å². The van der Waals surface area contributed by atoms with E-state index in [9.17, 15) is 0 Å². The molecule has 0 saturated heterocycles. The summed E-state index contributed by atoms with van der Waals surface area (Å²) >= 11 is 0. The number of fused-ring (bicyclic) bond motifs is 16. The van der Waals surface area contributed by atoms with Crippen LogP contribution in [0.3, 0.4) is 0 Å². The minimum atomic E-state index is -3.05. The van der Waals surface area contributed by atoms with Gasteiger partial charge in [0.2, 0.25) is 0 Å². The van der Waals surface area contributed by atoms with Crippen molar-refractivity contribution in [1.29, 1.82) is 0 Å². The van der Waals surface area contributed by atoms with Crippen LogP contribution in [0.15, 0.2) is 182 Å². The first kappa shape index (κ1) is 32.8. The Morgan fingerprint density at radius 3 is 1.86 bits per heavy atom. The van der Waals surface area contributed by atoms with Crippen molar-refractivity contribution in [3.8, 4) is 62.1 Å². The highest BCUT2D eigenvalue weighted by Gasteiger charge is 2.53. The van der Waals surface area contributed by atoms with Gasteiger partial charge >= 0.3 is 0 Å². The first-order chi connectivity index (χ1) is 29.0. The summed E-state index contributed by atoms with van der Waals surface area (Å²) in [5, 5.41) is 4.31. The molecule has 276 valence electrons. The molecule has 59 heavy (non-hydrogen) atoms. The Hall–Kier alpha value is -7.20. The standard InChI is InChI=1S/C53H33N4OP/c1-59(58)46-26-13-9-20-36(46)38-28-30-42-47(49(38)59)39-31-34(52-55-50(32-15-4-2-5-16-32)54-51(56-52)33-17-6-3-7-18-33)27-29-40(39)53(42)41-22-10-12-25-45(41)57-44-24-11-8-19-35(44)37-21-14-23-43(53)48(37)57/h2-31H,1H3/t53?,59-/m0/s1. The fourth-order valence-electron chi connectivity index (χ4n) is 10.6. The number of para-hydroxylation sites is 3. The largest absolute Gasteiger partial charge is 0.314 e. The van der Waals surface area contributed by atoms with Gasteiger partial charge in [0.05, 0.1) is 22.1 Å². The van der Waals surface area contributed by atoms with E-state index in [1.807, 2.05) is 73.4 Å². The van der Waals surface area contributed by atoms with Crippen molar-refractivity contribution >= 4 is 39.6 Å². The van der Waals surface area contributed by atoms with Gasteiger partial charge in [0, 0.05) is 38.1 Å². The smallest absolute Gasteiger partial charge is 0.164 e. The highest BCUT2D eigenvalue weighted by molar-refractivity contribution is 7.79. The van der Waals surface area contributed by atoms with E-state index >= 15 is 4.57 Å². The summed E-state index contributed by atoms with van der Waals surface area (Å²) in [6.07, 6.45) is 0. The van der Waals surface area contributed by atoms with E-state index in [0.717, 1.165) is 66.4 Å². The van der Waals surface area contributed by atoms with Crippen molar-refractivity contribution in [3.63, 3.8) is 0 Å². The molecule has 0 N–H and O–H groups in total. The van der Waals surface area contributed by atoms with Gasteiger partial charge in [-0.25, -0.2) is 15.0 Å². The monoisotopic (exact) mass is 772 g/mol. The predicted molar refractivity (Wildman–Crippen MR) is 240 cm³/mol. The molecule has 8 aromatic carbocycles. The average Bonchev–Trinajstić information content (AvgIpc) is 3.87. The Balaban J connectivity index is 1.16. The van der Waals surface area contributed by atoms with Crippen LogP contribution < -0.4 is 10.6 Å². The Morgan fingerprint density at radius 1 is 0.475 bits per heavy atom. The van der Waals surface area contributed by atoms with E-state index in [-0.39, 0.29) is 0 Å². The highest BCUT2D eigenvalue weighted by Crippen LogP contribution is 2.64. The first-order valence-corrected chi connectivity index (χ1v) is 22.2. The quantitative estimate of drug-likeness (QED) is 0.168. The van der Waals surface area contributed by atoms with Gasteiger partial charge in [0.1, 0.15) is 7.14 Å². The molecule has 0 amide bonds. The van der Waals surface area contributed by atoms with Crippen molar-refractivity contribution in [2.45, 2.75) is 5.41 Å². The van der Waals surface area contributed by atoms with Crippen molar-refractivity contribution in [1.82, 2.24) is 19.5 Å². The summed E-state index contributed by atoms with van der Waals surface area (Å²) in [6, 6.07) is 64.2. The number of aromatic nitrogens is 4. The lowest BCUT2D eigenvalue weighted by Crippen LogP contribution is -2.33. The van der Waals surface area contributed by atoms with Gasteiger partial charge < -0.3 is 9.13 Å². The molecule has 2 aromatic heterocycles. The Morgan fingerprint density at radius 2 is 1.08 bits per heavy atom. The van der Waals surface area contributed by atoms with Crippen LogP contribution in [0.1, 0.15) is 22.3 Å². The normalized spacial score (nSPS) is 17.8. The molecule has 0 fully saturated rings. The van der Waals surface area contributed by atoms with Crippen LogP contribution in [-0.4, -0.2) is 26.2 Å². The maximum absolute atomic E-state index is 15.6. The lowest BCUT2D eigenvalue weighted by atomic mass is 9.65. The third-order valence-corrected chi connectivity index (χ3v) is 15.6. The third kappa shape index (κ3) is 4.20. The van der Waals surface area contributed by atoms with Gasteiger partial charge in [-0.2, -0.15) is 0 Å². The van der Waals surface area contributed by atoms with Gasteiger partial charge in [-0.1, -0.05) is 164 Å². The van der Waals surface area contributed by atoms with Crippen LogP contribution in [0.4, 0.5) is 0 Å². The topological polar surface area (TPSA) is 60.7 Å². The maximum atomic E-state index is 15.6. The van der Waals surface area contributed by atoms with E-state index < -0.39 is 12.6 Å². The predicted octanol–water partition coefficient (Wildman–Crippen LogP) is 11.6. The summed E-state index contributed by atoms with van der Waals surface area (Å²) in [7, 11) is -3.05. The molecular weight excluding hydrogens is 740 g/mol. The molecule has 1 unspecified atom stereocenters. The Bertz CT molecular complexity index is 3440. The Labute approximate surface area is 340 Å². The Kier molecular flexibility index (Phi) is 6.51. The van der Waals surface area contributed by atoms with Crippen LogP contribution in [0.2, 0.25) is 0 Å². The average molecular weight is 773 g/mol. The highest BCUT2D eigenvalue weighted by atomic mass is 31.2. The molecule has 13 rings (SSSR count). The number of hydrogen-bond donors (Lipinski definition) is 0. The van der Waals surface area contributed by atoms with Gasteiger partial charge in [-0.3, -0.25) is 0 Å². The van der Waals surface area contributed by atoms with Crippen molar-refractivity contribution in [2.75, 3.05) is 6.66 Å². The second kappa shape index (κ2) is 11.7. The second-order valence-electron chi connectivity index (χ2n) is 15.9. The van der Waals surface area contributed by atoms with Crippen LogP contribution >= 0.6 is 7.14 Å². The molecule has 3 aliphatic rings. The van der Waals surface area contributed by atoms with Crippen LogP contribution in [0.5, 0.6) is 0 Å². The molecule has 1 spiro atoms. The van der Waals surface area contributed by atoms with Crippen molar-refractivity contribution in [3.05, 3.63) is 204 Å². The fraction of sp³-hybridized carbons (Fsp3) is 0.0377. The third-order valence-electron chi connectivity index (χ3n) is 13.0. The molecule has 2 atom stereocenters. The molecule has 6 heteroatoms. The van der Waals surface area contributed by atoms with Crippen LogP contribution in [0.25, 0.3) is 83.9 Å². The number of hydrogen-bond acceptors (Lipinski definition) is 4. The molecule has 1 aliphatic carbocycles. The molecule has 4 heterocycles. The van der Waals surface area contributed by atoms with E-state index in [4.69, 9.17) is 15.0 Å². The first-order valence-electron chi connectivity index (χ1n) is 20.0. The fourth-order valence-corrected chi connectivity index (χ4v) is 13.2. The lowest BCUT2D eigenvalue weighted by Gasteiger charge is -2.39. The number of rotatable bonds is 3. The van der Waals surface area contributed by atoms with E-state index in [2.05, 4.69) is 120 Å². The number of nitrogens with zero attached hydrogens (tertiary/aromatic N) is 4. The molecule has 0 radical (unpaired) electrons. The summed E-state index contributed by atoms with van der Waals surface area (Å²) in [6.45, 7) is 1.96. The lowest BCUT2D eigenvalue weighted by molar-refractivity contribution is 0.591. The summed E-state index contributed by atoms with van der Waals surface area (Å²) in [5.74, 6) is 1.81. The molecule has 2 aliphatic heterocycles. The summed E-state index contributed by atoms with van der Waals surface area (Å²) in [5.41, 5.74) is 14.5. The van der Waals surface area contributed by atoms with Crippen molar-refractivity contribution in [2.24, 2.45) is 0 Å². The minimum absolute atomic E-state index is 0.588. The summed E-state index contributed by atoms with van der Waals surface area (Å²) < 4.78 is 18.0. The number of benzene rings is 8. The van der Waals surface area contributed by atoms with Gasteiger partial charge in [-0.15, -0.1) is 0 Å². The summed E-state index contributed by atoms with van der Waals surface area (Å²) in [4.78, 5) is 15.3. The van der Waals surface area contributed by atoms with Gasteiger partial charge in [0.25, 0.3) is 0 Å². The zero-order valence-electron chi connectivity index (χ0n) is 32.0. The second-order valence-corrected chi connectivity index (χ2v) is 18.7. The van der Waals surface area contributed by atoms with E-state index in [1.54, 1.807) is 0 Å². The van der Waals surface area contributed by atoms with Crippen LogP contribution in [-0.2, 0) is 9.98 Å². The zero-order chi connectivity index (χ0) is 39.0. The zero-order valence-corrected chi connectivity index (χ0v) is 32.9. The molecule has 5 nitrogen and oxygen atoms in total. The molecule has 10 aromatic rings. The SMILES string of the molecule is C[P@]1(=O)c2ccccc2-c2ccc3c(c21)-c1cc(-c2nc(-c4ccccc4)nc(-c4ccccc4)n2)ccc1C31c2ccccc2-n2c3ccccc3c3cccc1c32. The van der Waals surface area contributed by atoms with E-state index in [1.165, 1.54) is 32.9 Å². The minimum Gasteiger partial charge on any atom is -0.314 e. The molecule has 0 bridgehead atoms. The van der Waals surface area contributed by atoms with Gasteiger partial charge in [0.15, 0.2) is 17.5 Å². The van der Waals surface area contributed by atoms with Gasteiger partial charge in [-0.05, 0) is 69.4 Å². The van der Waals surface area contributed by atoms with Crippen molar-refractivity contribution < 1.29 is 4.57 Å². The molecule has 0 saturated carbocycles.